The molecule has 1 heterocycles. The summed E-state index contributed by atoms with van der Waals surface area (Å²) in [4.78, 5) is 13.6. The molecule has 0 aliphatic carbocycles. The molecule has 0 fully saturated rings. The van der Waals surface area contributed by atoms with Crippen LogP contribution >= 0.6 is 0 Å². The quantitative estimate of drug-likeness (QED) is 0.905. The summed E-state index contributed by atoms with van der Waals surface area (Å²) in [6, 6.07) is 14.1. The summed E-state index contributed by atoms with van der Waals surface area (Å²) in [7, 11) is 0. The molecule has 3 rings (SSSR count). The fourth-order valence-electron chi connectivity index (χ4n) is 2.36. The highest BCUT2D eigenvalue weighted by Crippen LogP contribution is 2.23. The number of carbonyl (C=O) groups excluding carboxylic acids is 1. The van der Waals surface area contributed by atoms with Crippen LogP contribution in [0.15, 0.2) is 48.5 Å². The smallest absolute Gasteiger partial charge is 0.322 e. The number of urea groups is 1. The van der Waals surface area contributed by atoms with Gasteiger partial charge in [-0.3, -0.25) is 0 Å². The standard InChI is InChI=1S/C16H16FN3O/c17-13-6-7-15-12(10-13)11-20(16(21)19-15)9-8-18-14-4-2-1-3-5-14/h1-7,10,18H,8-9,11H2,(H,19,21). The molecule has 0 saturated heterocycles. The number of benzene rings is 2. The number of nitrogens with one attached hydrogen (secondary N) is 2. The van der Waals surface area contributed by atoms with Crippen LogP contribution in [-0.2, 0) is 6.54 Å². The minimum absolute atomic E-state index is 0.149. The molecule has 5 heteroatoms. The number of nitrogens with zero attached hydrogens (tertiary/aromatic N) is 1. The molecule has 4 nitrogen and oxygen atoms in total. The van der Waals surface area contributed by atoms with Crippen LogP contribution in [0.4, 0.5) is 20.6 Å². The minimum atomic E-state index is -0.285. The van der Waals surface area contributed by atoms with Crippen molar-refractivity contribution in [1.29, 1.82) is 0 Å². The zero-order valence-electron chi connectivity index (χ0n) is 11.5. The van der Waals surface area contributed by atoms with Crippen molar-refractivity contribution < 1.29 is 9.18 Å². The second kappa shape index (κ2) is 5.83. The maximum absolute atomic E-state index is 13.2. The Morgan fingerprint density at radius 2 is 2.00 bits per heavy atom. The van der Waals surface area contributed by atoms with Crippen LogP contribution in [0.2, 0.25) is 0 Å². The van der Waals surface area contributed by atoms with E-state index in [1.807, 2.05) is 30.3 Å². The van der Waals surface area contributed by atoms with Crippen molar-refractivity contribution in [2.75, 3.05) is 23.7 Å². The van der Waals surface area contributed by atoms with Gasteiger partial charge in [-0.2, -0.15) is 0 Å². The molecule has 0 bridgehead atoms. The summed E-state index contributed by atoms with van der Waals surface area (Å²) in [6.45, 7) is 1.62. The van der Waals surface area contributed by atoms with E-state index in [1.54, 1.807) is 11.0 Å². The summed E-state index contributed by atoms with van der Waals surface area (Å²) in [5.74, 6) is -0.285. The van der Waals surface area contributed by atoms with Gasteiger partial charge in [0.05, 0.1) is 0 Å². The molecule has 1 aliphatic heterocycles. The Kier molecular flexibility index (Phi) is 3.73. The van der Waals surface area contributed by atoms with E-state index in [-0.39, 0.29) is 11.8 Å². The molecule has 2 aromatic rings. The third-order valence-corrected chi connectivity index (χ3v) is 3.44. The number of hydrogen-bond donors (Lipinski definition) is 2. The molecular weight excluding hydrogens is 269 g/mol. The number of anilines is 2. The number of carbonyl (C=O) groups is 1. The minimum Gasteiger partial charge on any atom is -0.383 e. The topological polar surface area (TPSA) is 44.4 Å². The Bertz CT molecular complexity index is 645. The maximum atomic E-state index is 13.2. The second-order valence-electron chi connectivity index (χ2n) is 4.95. The predicted octanol–water partition coefficient (Wildman–Crippen LogP) is 3.29. The Morgan fingerprint density at radius 1 is 1.19 bits per heavy atom. The highest BCUT2D eigenvalue weighted by atomic mass is 19.1. The average Bonchev–Trinajstić information content (AvgIpc) is 2.49. The Hall–Kier alpha value is -2.56. The van der Waals surface area contributed by atoms with Crippen LogP contribution < -0.4 is 10.6 Å². The van der Waals surface area contributed by atoms with Gasteiger partial charge in [0.2, 0.25) is 0 Å². The first-order valence-corrected chi connectivity index (χ1v) is 6.85. The monoisotopic (exact) mass is 285 g/mol. The summed E-state index contributed by atoms with van der Waals surface area (Å²) >= 11 is 0. The van der Waals surface area contributed by atoms with Gasteiger partial charge >= 0.3 is 6.03 Å². The van der Waals surface area contributed by atoms with E-state index in [9.17, 15) is 9.18 Å². The van der Waals surface area contributed by atoms with E-state index in [2.05, 4.69) is 10.6 Å². The van der Waals surface area contributed by atoms with Crippen LogP contribution in [0.5, 0.6) is 0 Å². The molecule has 0 spiro atoms. The van der Waals surface area contributed by atoms with Gasteiger partial charge in [0.15, 0.2) is 0 Å². The third-order valence-electron chi connectivity index (χ3n) is 3.44. The zero-order chi connectivity index (χ0) is 14.7. The fourth-order valence-corrected chi connectivity index (χ4v) is 2.36. The third kappa shape index (κ3) is 3.13. The van der Waals surface area contributed by atoms with E-state index in [4.69, 9.17) is 0 Å². The van der Waals surface area contributed by atoms with Gasteiger partial charge in [0.1, 0.15) is 5.82 Å². The number of fused-ring (bicyclic) bond motifs is 1. The van der Waals surface area contributed by atoms with E-state index in [0.29, 0.717) is 25.3 Å². The normalized spacial score (nSPS) is 13.6. The van der Waals surface area contributed by atoms with Crippen molar-refractivity contribution in [2.45, 2.75) is 6.54 Å². The number of para-hydroxylation sites is 1. The highest BCUT2D eigenvalue weighted by molar-refractivity contribution is 5.92. The molecule has 108 valence electrons. The van der Waals surface area contributed by atoms with Gasteiger partial charge in [0, 0.05) is 31.0 Å². The Labute approximate surface area is 122 Å². The molecule has 2 amide bonds. The van der Waals surface area contributed by atoms with Crippen molar-refractivity contribution >= 4 is 17.4 Å². The van der Waals surface area contributed by atoms with Gasteiger partial charge in [-0.15, -0.1) is 0 Å². The van der Waals surface area contributed by atoms with Gasteiger partial charge in [-0.25, -0.2) is 9.18 Å². The summed E-state index contributed by atoms with van der Waals surface area (Å²) < 4.78 is 13.2. The van der Waals surface area contributed by atoms with E-state index in [1.165, 1.54) is 12.1 Å². The molecule has 0 radical (unpaired) electrons. The first-order chi connectivity index (χ1) is 10.2. The number of rotatable bonds is 4. The van der Waals surface area contributed by atoms with E-state index >= 15 is 0 Å². The molecular formula is C16H16FN3O. The lowest BCUT2D eigenvalue weighted by Crippen LogP contribution is -2.41. The molecule has 21 heavy (non-hydrogen) atoms. The fraction of sp³-hybridized carbons (Fsp3) is 0.188. The SMILES string of the molecule is O=C1Nc2ccc(F)cc2CN1CCNc1ccccc1. The Morgan fingerprint density at radius 3 is 2.81 bits per heavy atom. The molecule has 2 N–H and O–H groups in total. The van der Waals surface area contributed by atoms with Crippen molar-refractivity contribution in [3.63, 3.8) is 0 Å². The molecule has 0 unspecified atom stereocenters. The lowest BCUT2D eigenvalue weighted by molar-refractivity contribution is 0.209. The van der Waals surface area contributed by atoms with Crippen molar-refractivity contribution in [1.82, 2.24) is 4.90 Å². The number of amides is 2. The molecule has 1 aliphatic rings. The highest BCUT2D eigenvalue weighted by Gasteiger charge is 2.22. The van der Waals surface area contributed by atoms with Crippen LogP contribution in [0.25, 0.3) is 0 Å². The molecule has 0 saturated carbocycles. The van der Waals surface area contributed by atoms with Gasteiger partial charge < -0.3 is 15.5 Å². The Balaban J connectivity index is 1.60. The summed E-state index contributed by atoms with van der Waals surface area (Å²) in [6.07, 6.45) is 0. The van der Waals surface area contributed by atoms with Crippen LogP contribution in [0, 0.1) is 5.82 Å². The summed E-state index contributed by atoms with van der Waals surface area (Å²) in [5.41, 5.74) is 2.50. The zero-order valence-corrected chi connectivity index (χ0v) is 11.5. The predicted molar refractivity (Wildman–Crippen MR) is 80.8 cm³/mol. The lowest BCUT2D eigenvalue weighted by Gasteiger charge is -2.29. The summed E-state index contributed by atoms with van der Waals surface area (Å²) in [5, 5.41) is 6.03. The maximum Gasteiger partial charge on any atom is 0.322 e. The van der Waals surface area contributed by atoms with E-state index < -0.39 is 0 Å². The van der Waals surface area contributed by atoms with Crippen LogP contribution in [-0.4, -0.2) is 24.0 Å². The van der Waals surface area contributed by atoms with Gasteiger partial charge in [-0.05, 0) is 35.9 Å². The molecule has 0 atom stereocenters. The average molecular weight is 285 g/mol. The number of halogens is 1. The van der Waals surface area contributed by atoms with Gasteiger partial charge in [-0.1, -0.05) is 18.2 Å². The lowest BCUT2D eigenvalue weighted by atomic mass is 10.1. The van der Waals surface area contributed by atoms with Crippen LogP contribution in [0.3, 0.4) is 0 Å². The molecule has 0 aromatic heterocycles. The van der Waals surface area contributed by atoms with Crippen LogP contribution in [0.1, 0.15) is 5.56 Å². The number of hydrogen-bond acceptors (Lipinski definition) is 2. The van der Waals surface area contributed by atoms with Crippen molar-refractivity contribution in [3.8, 4) is 0 Å². The largest absolute Gasteiger partial charge is 0.383 e. The van der Waals surface area contributed by atoms with Crippen molar-refractivity contribution in [2.24, 2.45) is 0 Å². The first-order valence-electron chi connectivity index (χ1n) is 6.85. The van der Waals surface area contributed by atoms with E-state index in [0.717, 1.165) is 11.3 Å². The van der Waals surface area contributed by atoms with Gasteiger partial charge in [0.25, 0.3) is 0 Å². The second-order valence-corrected chi connectivity index (χ2v) is 4.95. The first kappa shape index (κ1) is 13.4. The van der Waals surface area contributed by atoms with Crippen molar-refractivity contribution in [3.05, 3.63) is 59.9 Å². The molecule has 2 aromatic carbocycles.